The maximum absolute atomic E-state index is 12.3. The van der Waals surface area contributed by atoms with E-state index in [4.69, 9.17) is 11.6 Å². The van der Waals surface area contributed by atoms with Crippen LogP contribution in [0.25, 0.3) is 0 Å². The van der Waals surface area contributed by atoms with Crippen molar-refractivity contribution in [2.24, 2.45) is 0 Å². The second kappa shape index (κ2) is 5.58. The van der Waals surface area contributed by atoms with Crippen LogP contribution in [0.5, 0.6) is 0 Å². The zero-order valence-corrected chi connectivity index (χ0v) is 11.0. The summed E-state index contributed by atoms with van der Waals surface area (Å²) in [6, 6.07) is 17.1. The van der Waals surface area contributed by atoms with E-state index in [2.05, 4.69) is 0 Å². The standard InChI is InChI=1S/C14H13ClOS/c1-11-7-5-6-10-13(11)17(16)14(15)12-8-3-2-4-9-12/h2-10,14H,1H3. The summed E-state index contributed by atoms with van der Waals surface area (Å²) in [5.74, 6) is 0. The van der Waals surface area contributed by atoms with Crippen molar-refractivity contribution in [3.05, 3.63) is 65.7 Å². The molecule has 0 saturated heterocycles. The topological polar surface area (TPSA) is 23.1 Å². The van der Waals surface area contributed by atoms with E-state index in [-0.39, 0.29) is 0 Å². The number of alkyl halides is 1. The number of rotatable bonds is 3. The number of halogens is 1. The quantitative estimate of drug-likeness (QED) is 0.606. The molecule has 0 bridgehead atoms. The summed E-state index contributed by atoms with van der Waals surface area (Å²) in [6.45, 7) is 1.95. The molecule has 2 rings (SSSR count). The molecule has 0 aliphatic carbocycles. The van der Waals surface area contributed by atoms with Gasteiger partial charge in [0.25, 0.3) is 0 Å². The number of hydrogen-bond acceptors (Lipinski definition) is 1. The van der Waals surface area contributed by atoms with Gasteiger partial charge in [-0.1, -0.05) is 60.1 Å². The Morgan fingerprint density at radius 1 is 1.00 bits per heavy atom. The third-order valence-electron chi connectivity index (χ3n) is 2.56. The highest BCUT2D eigenvalue weighted by Gasteiger charge is 2.25. The molecule has 0 fully saturated rings. The van der Waals surface area contributed by atoms with Crippen molar-refractivity contribution in [3.63, 3.8) is 0 Å². The normalized spacial score (nSPS) is 14.3. The van der Waals surface area contributed by atoms with Crippen LogP contribution in [0.2, 0.25) is 0 Å². The van der Waals surface area contributed by atoms with Crippen LogP contribution in [0.3, 0.4) is 0 Å². The first kappa shape index (κ1) is 12.5. The van der Waals surface area contributed by atoms with Crippen LogP contribution < -0.4 is 0 Å². The lowest BCUT2D eigenvalue weighted by Gasteiger charge is -2.17. The Morgan fingerprint density at radius 2 is 1.59 bits per heavy atom. The molecule has 0 heterocycles. The van der Waals surface area contributed by atoms with Crippen LogP contribution in [0.4, 0.5) is 0 Å². The van der Waals surface area contributed by atoms with Gasteiger partial charge in [-0.15, -0.1) is 0 Å². The van der Waals surface area contributed by atoms with Gasteiger partial charge in [-0.3, -0.25) is 0 Å². The minimum Gasteiger partial charge on any atom is -0.610 e. The molecular weight excluding hydrogens is 252 g/mol. The highest BCUT2D eigenvalue weighted by Crippen LogP contribution is 2.33. The van der Waals surface area contributed by atoms with Gasteiger partial charge in [0, 0.05) is 22.3 Å². The van der Waals surface area contributed by atoms with Crippen LogP contribution in [-0.2, 0) is 11.2 Å². The van der Waals surface area contributed by atoms with E-state index in [1.165, 1.54) is 0 Å². The fourth-order valence-corrected chi connectivity index (χ4v) is 3.28. The Hall–Kier alpha value is -0.960. The molecule has 2 aromatic carbocycles. The van der Waals surface area contributed by atoms with E-state index in [1.54, 1.807) is 0 Å². The van der Waals surface area contributed by atoms with Gasteiger partial charge in [-0.25, -0.2) is 0 Å². The molecule has 88 valence electrons. The van der Waals surface area contributed by atoms with Gasteiger partial charge in [0.2, 0.25) is 4.71 Å². The lowest BCUT2D eigenvalue weighted by atomic mass is 10.2. The maximum atomic E-state index is 12.3. The molecule has 0 radical (unpaired) electrons. The molecule has 0 aliphatic heterocycles. The van der Waals surface area contributed by atoms with E-state index in [1.807, 2.05) is 61.5 Å². The van der Waals surface area contributed by atoms with E-state index in [0.29, 0.717) is 0 Å². The first-order valence-electron chi connectivity index (χ1n) is 5.35. The van der Waals surface area contributed by atoms with Crippen LogP contribution in [0.15, 0.2) is 59.5 Å². The van der Waals surface area contributed by atoms with E-state index >= 15 is 0 Å². The highest BCUT2D eigenvalue weighted by atomic mass is 35.5. The van der Waals surface area contributed by atoms with Crippen molar-refractivity contribution >= 4 is 22.8 Å². The van der Waals surface area contributed by atoms with Gasteiger partial charge < -0.3 is 4.55 Å². The number of aryl methyl sites for hydroxylation is 1. The molecule has 3 heteroatoms. The average Bonchev–Trinajstić information content (AvgIpc) is 2.39. The largest absolute Gasteiger partial charge is 0.610 e. The van der Waals surface area contributed by atoms with Gasteiger partial charge >= 0.3 is 0 Å². The van der Waals surface area contributed by atoms with Gasteiger partial charge in [0.15, 0.2) is 4.90 Å². The lowest BCUT2D eigenvalue weighted by Crippen LogP contribution is -2.10. The fraction of sp³-hybridized carbons (Fsp3) is 0.143. The van der Waals surface area contributed by atoms with Gasteiger partial charge in [-0.2, -0.15) is 0 Å². The molecule has 2 unspecified atom stereocenters. The Kier molecular flexibility index (Phi) is 4.11. The molecule has 0 amide bonds. The smallest absolute Gasteiger partial charge is 0.219 e. The molecule has 0 spiro atoms. The summed E-state index contributed by atoms with van der Waals surface area (Å²) in [7, 11) is 0. The Labute approximate surface area is 110 Å². The maximum Gasteiger partial charge on any atom is 0.219 e. The number of hydrogen-bond donors (Lipinski definition) is 0. The predicted molar refractivity (Wildman–Crippen MR) is 72.6 cm³/mol. The zero-order chi connectivity index (χ0) is 12.3. The Morgan fingerprint density at radius 3 is 2.24 bits per heavy atom. The minimum atomic E-state index is -1.23. The second-order valence-corrected chi connectivity index (χ2v) is 5.99. The summed E-state index contributed by atoms with van der Waals surface area (Å²) in [4.78, 5) is 0.802. The molecule has 2 aromatic rings. The molecule has 0 aliphatic rings. The van der Waals surface area contributed by atoms with Gasteiger partial charge in [0.1, 0.15) is 0 Å². The van der Waals surface area contributed by atoms with Crippen molar-refractivity contribution < 1.29 is 4.55 Å². The predicted octanol–water partition coefficient (Wildman–Crippen LogP) is 4.04. The van der Waals surface area contributed by atoms with E-state index in [0.717, 1.165) is 16.0 Å². The van der Waals surface area contributed by atoms with Crippen LogP contribution >= 0.6 is 11.6 Å². The summed E-state index contributed by atoms with van der Waals surface area (Å²) in [5.41, 5.74) is 1.89. The van der Waals surface area contributed by atoms with E-state index in [9.17, 15) is 4.55 Å². The Bertz CT molecular complexity index is 487. The molecule has 2 atom stereocenters. The first-order valence-corrected chi connectivity index (χ1v) is 7.00. The van der Waals surface area contributed by atoms with Crippen LogP contribution in [0.1, 0.15) is 15.8 Å². The molecule has 17 heavy (non-hydrogen) atoms. The summed E-state index contributed by atoms with van der Waals surface area (Å²) in [6.07, 6.45) is 0. The van der Waals surface area contributed by atoms with Crippen molar-refractivity contribution in [2.75, 3.05) is 0 Å². The highest BCUT2D eigenvalue weighted by molar-refractivity contribution is 7.93. The molecule has 0 N–H and O–H groups in total. The zero-order valence-electron chi connectivity index (χ0n) is 9.47. The van der Waals surface area contributed by atoms with Gasteiger partial charge in [0.05, 0.1) is 0 Å². The summed E-state index contributed by atoms with van der Waals surface area (Å²) < 4.78 is 11.8. The Balaban J connectivity index is 2.27. The summed E-state index contributed by atoms with van der Waals surface area (Å²) >= 11 is 5.04. The fourth-order valence-electron chi connectivity index (χ4n) is 1.62. The molecule has 0 aromatic heterocycles. The summed E-state index contributed by atoms with van der Waals surface area (Å²) in [5, 5.41) is 0. The van der Waals surface area contributed by atoms with Crippen molar-refractivity contribution in [1.29, 1.82) is 0 Å². The van der Waals surface area contributed by atoms with Crippen molar-refractivity contribution in [2.45, 2.75) is 16.5 Å². The average molecular weight is 265 g/mol. The first-order chi connectivity index (χ1) is 8.20. The molecular formula is C14H13ClOS. The lowest BCUT2D eigenvalue weighted by molar-refractivity contribution is 0.592. The van der Waals surface area contributed by atoms with Crippen molar-refractivity contribution in [3.8, 4) is 0 Å². The van der Waals surface area contributed by atoms with E-state index < -0.39 is 15.9 Å². The monoisotopic (exact) mass is 264 g/mol. The second-order valence-electron chi connectivity index (χ2n) is 3.79. The molecule has 0 saturated carbocycles. The van der Waals surface area contributed by atoms with Crippen LogP contribution in [0, 0.1) is 6.92 Å². The van der Waals surface area contributed by atoms with Gasteiger partial charge in [-0.05, 0) is 13.0 Å². The minimum absolute atomic E-state index is 0.503. The number of benzene rings is 2. The SMILES string of the molecule is Cc1ccccc1[S+]([O-])C(Cl)c1ccccc1. The third kappa shape index (κ3) is 2.83. The van der Waals surface area contributed by atoms with Crippen LogP contribution in [-0.4, -0.2) is 4.55 Å². The molecule has 1 nitrogen and oxygen atoms in total. The third-order valence-corrected chi connectivity index (χ3v) is 4.84. The van der Waals surface area contributed by atoms with Crippen molar-refractivity contribution in [1.82, 2.24) is 0 Å².